The van der Waals surface area contributed by atoms with E-state index in [4.69, 9.17) is 14.9 Å². The van der Waals surface area contributed by atoms with E-state index < -0.39 is 16.5 Å². The molecule has 15 heavy (non-hydrogen) atoms. The second kappa shape index (κ2) is 8.73. The molecular formula is C6H11NO6P2. The van der Waals surface area contributed by atoms with E-state index in [2.05, 4.69) is 9.29 Å². The second-order valence-corrected chi connectivity index (χ2v) is 4.03. The average molecular weight is 255 g/mol. The van der Waals surface area contributed by atoms with Gasteiger partial charge in [0.15, 0.2) is 0 Å². The van der Waals surface area contributed by atoms with Crippen molar-refractivity contribution >= 4 is 16.5 Å². The minimum atomic E-state index is -3.20. The molecule has 1 aromatic heterocycles. The van der Waals surface area contributed by atoms with Crippen molar-refractivity contribution in [2.75, 3.05) is 0 Å². The third-order valence-electron chi connectivity index (χ3n) is 1.11. The van der Waals surface area contributed by atoms with Crippen LogP contribution in [0.25, 0.3) is 0 Å². The van der Waals surface area contributed by atoms with Gasteiger partial charge in [-0.1, -0.05) is 0 Å². The Morgan fingerprint density at radius 3 is 1.87 bits per heavy atom. The number of hydrogen-bond donors (Lipinski definition) is 3. The van der Waals surface area contributed by atoms with Crippen LogP contribution in [0.2, 0.25) is 0 Å². The monoisotopic (exact) mass is 255 g/mol. The van der Waals surface area contributed by atoms with Crippen molar-refractivity contribution in [1.82, 2.24) is 4.98 Å². The van der Waals surface area contributed by atoms with Crippen molar-refractivity contribution in [3.63, 3.8) is 0 Å². The molecule has 86 valence electrons. The number of aliphatic hydroxyl groups excluding tert-OH is 1. The van der Waals surface area contributed by atoms with Crippen molar-refractivity contribution in [3.8, 4) is 0 Å². The molecule has 0 fully saturated rings. The molecule has 2 unspecified atom stereocenters. The van der Waals surface area contributed by atoms with Gasteiger partial charge in [0.05, 0.1) is 6.61 Å². The number of hydrogen-bond acceptors (Lipinski definition) is 5. The molecule has 0 saturated carbocycles. The lowest BCUT2D eigenvalue weighted by Gasteiger charge is -1.88. The summed E-state index contributed by atoms with van der Waals surface area (Å²) in [6.07, 6.45) is 3.32. The lowest BCUT2D eigenvalue weighted by molar-refractivity contribution is 0.281. The van der Waals surface area contributed by atoms with E-state index in [0.717, 1.165) is 5.56 Å². The summed E-state index contributed by atoms with van der Waals surface area (Å²) < 4.78 is 22.3. The van der Waals surface area contributed by atoms with Crippen molar-refractivity contribution in [2.24, 2.45) is 0 Å². The van der Waals surface area contributed by atoms with Gasteiger partial charge in [0.25, 0.3) is 0 Å². The van der Waals surface area contributed by atoms with Crippen LogP contribution in [0.4, 0.5) is 0 Å². The van der Waals surface area contributed by atoms with Gasteiger partial charge >= 0.3 is 16.5 Å². The maximum atomic E-state index is 9.44. The Hall–Kier alpha value is -0.550. The molecule has 0 aliphatic heterocycles. The van der Waals surface area contributed by atoms with Crippen LogP contribution in [0.5, 0.6) is 0 Å². The highest BCUT2D eigenvalue weighted by atomic mass is 31.2. The first kappa shape index (κ1) is 14.5. The van der Waals surface area contributed by atoms with E-state index in [1.165, 1.54) is 0 Å². The van der Waals surface area contributed by atoms with Crippen LogP contribution in [0, 0.1) is 0 Å². The highest BCUT2D eigenvalue weighted by Gasteiger charge is 1.93. The lowest BCUT2D eigenvalue weighted by Crippen LogP contribution is -1.80. The predicted molar refractivity (Wildman–Crippen MR) is 53.7 cm³/mol. The topological polar surface area (TPSA) is 117 Å². The van der Waals surface area contributed by atoms with Crippen LogP contribution in [-0.4, -0.2) is 19.9 Å². The van der Waals surface area contributed by atoms with Crippen molar-refractivity contribution < 1.29 is 28.3 Å². The van der Waals surface area contributed by atoms with Gasteiger partial charge in [0, 0.05) is 12.4 Å². The summed E-state index contributed by atoms with van der Waals surface area (Å²) in [7, 11) is -6.40. The third kappa shape index (κ3) is 9.75. The standard InChI is InChI=1S/C6H7NO.H4O5P2/c8-5-6-1-3-7-4-2-6;1-6(2)5-7(3)4/h1-4,8H,5H2;6-7H,(H,1,2)(H,3,4). The van der Waals surface area contributed by atoms with Crippen LogP contribution in [-0.2, 0) is 20.0 Å². The number of aromatic nitrogens is 1. The Morgan fingerprint density at radius 1 is 1.20 bits per heavy atom. The molecule has 0 aliphatic carbocycles. The summed E-state index contributed by atoms with van der Waals surface area (Å²) in [4.78, 5) is 19.2. The van der Waals surface area contributed by atoms with Crippen molar-refractivity contribution in [3.05, 3.63) is 30.1 Å². The zero-order chi connectivity index (χ0) is 11.7. The quantitative estimate of drug-likeness (QED) is 0.666. The summed E-state index contributed by atoms with van der Waals surface area (Å²) in [5, 5.41) is 8.51. The predicted octanol–water partition coefficient (Wildman–Crippen LogP) is 0.341. The maximum Gasteiger partial charge on any atom is 0.323 e. The van der Waals surface area contributed by atoms with Gasteiger partial charge in [-0.2, -0.15) is 0 Å². The molecule has 0 spiro atoms. The van der Waals surface area contributed by atoms with E-state index in [1.54, 1.807) is 24.5 Å². The Balaban J connectivity index is 0.000000265. The van der Waals surface area contributed by atoms with Crippen LogP contribution < -0.4 is 0 Å². The average Bonchev–Trinajstić information content (AvgIpc) is 2.18. The van der Waals surface area contributed by atoms with Crippen LogP contribution in [0.1, 0.15) is 5.56 Å². The Morgan fingerprint density at radius 2 is 1.67 bits per heavy atom. The fraction of sp³-hybridized carbons (Fsp3) is 0.167. The summed E-state index contributed by atoms with van der Waals surface area (Å²) >= 11 is 0. The molecule has 3 N–H and O–H groups in total. The number of nitrogens with zero attached hydrogens (tertiary/aromatic N) is 1. The van der Waals surface area contributed by atoms with Gasteiger partial charge in [0.2, 0.25) is 0 Å². The van der Waals surface area contributed by atoms with Crippen molar-refractivity contribution in [1.29, 1.82) is 0 Å². The highest BCUT2D eigenvalue weighted by Crippen LogP contribution is 2.30. The maximum absolute atomic E-state index is 9.44. The summed E-state index contributed by atoms with van der Waals surface area (Å²) in [6.45, 7) is 0.0997. The summed E-state index contributed by atoms with van der Waals surface area (Å²) in [5.41, 5.74) is 0.903. The molecule has 0 amide bonds. The molecule has 0 aromatic carbocycles. The van der Waals surface area contributed by atoms with E-state index in [0.29, 0.717) is 0 Å². The normalized spacial score (nSPS) is 13.5. The molecule has 0 radical (unpaired) electrons. The number of pyridine rings is 1. The van der Waals surface area contributed by atoms with Gasteiger partial charge in [-0.05, 0) is 17.7 Å². The largest absolute Gasteiger partial charge is 0.392 e. The summed E-state index contributed by atoms with van der Waals surface area (Å²) in [5.74, 6) is 0. The molecule has 0 aliphatic rings. The summed E-state index contributed by atoms with van der Waals surface area (Å²) in [6, 6.07) is 3.56. The molecule has 0 saturated heterocycles. The first-order valence-electron chi connectivity index (χ1n) is 3.69. The zero-order valence-corrected chi connectivity index (χ0v) is 9.53. The highest BCUT2D eigenvalue weighted by molar-refractivity contribution is 7.46. The molecule has 7 nitrogen and oxygen atoms in total. The zero-order valence-electron chi connectivity index (χ0n) is 7.53. The van der Waals surface area contributed by atoms with Crippen molar-refractivity contribution in [2.45, 2.75) is 6.61 Å². The fourth-order valence-corrected chi connectivity index (χ4v) is 1.16. The lowest BCUT2D eigenvalue weighted by atomic mass is 10.3. The smallest absolute Gasteiger partial charge is 0.323 e. The Kier molecular flexibility index (Phi) is 8.41. The molecule has 1 heterocycles. The second-order valence-electron chi connectivity index (χ2n) is 2.15. The minimum absolute atomic E-state index is 0.0997. The van der Waals surface area contributed by atoms with Gasteiger partial charge in [-0.3, -0.25) is 14.1 Å². The molecule has 1 aromatic rings. The fourth-order valence-electron chi connectivity index (χ4n) is 0.563. The SMILES string of the molecule is O=[PH](O)O[PH](=O)O.OCc1ccncc1. The van der Waals surface area contributed by atoms with E-state index >= 15 is 0 Å². The van der Waals surface area contributed by atoms with Crippen LogP contribution >= 0.6 is 16.5 Å². The number of aliphatic hydroxyl groups is 1. The molecule has 0 bridgehead atoms. The molecule has 9 heteroatoms. The van der Waals surface area contributed by atoms with E-state index in [9.17, 15) is 9.13 Å². The van der Waals surface area contributed by atoms with E-state index in [-0.39, 0.29) is 6.61 Å². The number of rotatable bonds is 3. The first-order chi connectivity index (χ1) is 7.06. The van der Waals surface area contributed by atoms with Gasteiger partial charge in [0.1, 0.15) is 0 Å². The van der Waals surface area contributed by atoms with E-state index in [1.807, 2.05) is 0 Å². The van der Waals surface area contributed by atoms with Gasteiger partial charge < -0.3 is 14.9 Å². The first-order valence-corrected chi connectivity index (χ1v) is 6.22. The van der Waals surface area contributed by atoms with Crippen LogP contribution in [0.15, 0.2) is 24.5 Å². The molecule has 2 atom stereocenters. The molecule has 1 rings (SSSR count). The minimum Gasteiger partial charge on any atom is -0.392 e. The Labute approximate surface area is 87.3 Å². The third-order valence-corrected chi connectivity index (χ3v) is 2.50. The van der Waals surface area contributed by atoms with Gasteiger partial charge in [-0.15, -0.1) is 0 Å². The Bertz CT molecular complexity index is 307. The molecular weight excluding hydrogens is 244 g/mol. The van der Waals surface area contributed by atoms with Gasteiger partial charge in [-0.25, -0.2) is 4.31 Å². The van der Waals surface area contributed by atoms with Crippen LogP contribution in [0.3, 0.4) is 0 Å².